The van der Waals surface area contributed by atoms with Gasteiger partial charge in [0.15, 0.2) is 0 Å². The van der Waals surface area contributed by atoms with Gasteiger partial charge in [0.1, 0.15) is 5.82 Å². The number of aliphatic hydroxyl groups excluding tert-OH is 1. The number of piperidine rings is 1. The molecule has 1 aromatic carbocycles. The molecule has 0 aromatic heterocycles. The van der Waals surface area contributed by atoms with E-state index in [2.05, 4.69) is 17.1 Å². The Kier molecular flexibility index (Phi) is 6.99. The number of amides is 1. The Bertz CT molecular complexity index is 502. The van der Waals surface area contributed by atoms with Crippen molar-refractivity contribution in [3.8, 4) is 0 Å². The molecule has 1 atom stereocenters. The van der Waals surface area contributed by atoms with E-state index in [9.17, 15) is 14.3 Å². The summed E-state index contributed by atoms with van der Waals surface area (Å²) >= 11 is 0. The quantitative estimate of drug-likeness (QED) is 0.807. The van der Waals surface area contributed by atoms with Gasteiger partial charge in [0.05, 0.1) is 6.10 Å². The summed E-state index contributed by atoms with van der Waals surface area (Å²) in [6.45, 7) is 5.18. The molecular formula is C18H27FN2O2. The van der Waals surface area contributed by atoms with Crippen molar-refractivity contribution in [2.45, 2.75) is 38.7 Å². The Morgan fingerprint density at radius 1 is 1.43 bits per heavy atom. The van der Waals surface area contributed by atoms with Crippen molar-refractivity contribution in [3.63, 3.8) is 0 Å². The minimum atomic E-state index is -0.540. The SMILES string of the molecule is CC1CCN(CC(O)CNC(=O)CCc2cccc(F)c2)CC1. The third-order valence-electron chi connectivity index (χ3n) is 4.41. The maximum absolute atomic E-state index is 13.1. The van der Waals surface area contributed by atoms with Gasteiger partial charge in [-0.25, -0.2) is 4.39 Å². The van der Waals surface area contributed by atoms with Crippen molar-refractivity contribution in [2.75, 3.05) is 26.2 Å². The second-order valence-electron chi connectivity index (χ2n) is 6.57. The minimum absolute atomic E-state index is 0.111. The third-order valence-corrected chi connectivity index (χ3v) is 4.41. The number of nitrogens with zero attached hydrogens (tertiary/aromatic N) is 1. The van der Waals surface area contributed by atoms with Crippen molar-refractivity contribution in [2.24, 2.45) is 5.92 Å². The largest absolute Gasteiger partial charge is 0.390 e. The molecule has 1 aliphatic heterocycles. The lowest BCUT2D eigenvalue weighted by atomic mass is 9.99. The summed E-state index contributed by atoms with van der Waals surface area (Å²) in [5.41, 5.74) is 0.808. The number of carbonyl (C=O) groups is 1. The molecule has 1 heterocycles. The molecule has 0 radical (unpaired) electrons. The Hall–Kier alpha value is -1.46. The van der Waals surface area contributed by atoms with E-state index in [0.29, 0.717) is 19.4 Å². The van der Waals surface area contributed by atoms with E-state index >= 15 is 0 Å². The summed E-state index contributed by atoms with van der Waals surface area (Å²) in [5.74, 6) is 0.376. The fraction of sp³-hybridized carbons (Fsp3) is 0.611. The van der Waals surface area contributed by atoms with Crippen LogP contribution in [0.4, 0.5) is 4.39 Å². The monoisotopic (exact) mass is 322 g/mol. The molecule has 2 N–H and O–H groups in total. The van der Waals surface area contributed by atoms with E-state index in [4.69, 9.17) is 0 Å². The highest BCUT2D eigenvalue weighted by atomic mass is 19.1. The van der Waals surface area contributed by atoms with E-state index in [0.717, 1.165) is 24.6 Å². The molecule has 1 aromatic rings. The second-order valence-corrected chi connectivity index (χ2v) is 6.57. The number of carbonyl (C=O) groups excluding carboxylic acids is 1. The standard InChI is InChI=1S/C18H27FN2O2/c1-14-7-9-21(10-8-14)13-17(22)12-20-18(23)6-5-15-3-2-4-16(19)11-15/h2-4,11,14,17,22H,5-10,12-13H2,1H3,(H,20,23). The summed E-state index contributed by atoms with van der Waals surface area (Å²) in [4.78, 5) is 14.1. The van der Waals surface area contributed by atoms with Gasteiger partial charge < -0.3 is 15.3 Å². The van der Waals surface area contributed by atoms with Gasteiger partial charge >= 0.3 is 0 Å². The summed E-state index contributed by atoms with van der Waals surface area (Å²) in [6, 6.07) is 6.29. The van der Waals surface area contributed by atoms with Crippen molar-refractivity contribution < 1.29 is 14.3 Å². The number of aliphatic hydroxyl groups is 1. The van der Waals surface area contributed by atoms with Crippen LogP contribution in [-0.4, -0.2) is 48.2 Å². The van der Waals surface area contributed by atoms with Crippen LogP contribution in [-0.2, 0) is 11.2 Å². The van der Waals surface area contributed by atoms with E-state index in [1.807, 2.05) is 6.07 Å². The highest BCUT2D eigenvalue weighted by molar-refractivity contribution is 5.76. The van der Waals surface area contributed by atoms with Crippen molar-refractivity contribution in [1.82, 2.24) is 10.2 Å². The zero-order valence-electron chi connectivity index (χ0n) is 13.8. The lowest BCUT2D eigenvalue weighted by Crippen LogP contribution is -2.43. The first-order valence-corrected chi connectivity index (χ1v) is 8.44. The Morgan fingerprint density at radius 3 is 2.87 bits per heavy atom. The number of β-amino-alcohol motifs (C(OH)–C–C–N with tert-alkyl or cyclic N) is 1. The number of hydrogen-bond acceptors (Lipinski definition) is 3. The predicted octanol–water partition coefficient (Wildman–Crippen LogP) is 1.97. The average Bonchev–Trinajstić information content (AvgIpc) is 2.53. The predicted molar refractivity (Wildman–Crippen MR) is 88.6 cm³/mol. The third kappa shape index (κ3) is 6.67. The molecule has 1 unspecified atom stereocenters. The van der Waals surface area contributed by atoms with Crippen molar-refractivity contribution in [3.05, 3.63) is 35.6 Å². The molecule has 128 valence electrons. The number of hydrogen-bond donors (Lipinski definition) is 2. The fourth-order valence-corrected chi connectivity index (χ4v) is 2.88. The van der Waals surface area contributed by atoms with Gasteiger partial charge in [-0.15, -0.1) is 0 Å². The first kappa shape index (κ1) is 17.9. The summed E-state index contributed by atoms with van der Waals surface area (Å²) in [6.07, 6.45) is 2.61. The number of nitrogens with one attached hydrogen (secondary N) is 1. The van der Waals surface area contributed by atoms with Gasteiger partial charge in [-0.05, 0) is 56.0 Å². The lowest BCUT2D eigenvalue weighted by Gasteiger charge is -2.31. The summed E-state index contributed by atoms with van der Waals surface area (Å²) in [7, 11) is 0. The Balaban J connectivity index is 1.62. The molecule has 4 nitrogen and oxygen atoms in total. The smallest absolute Gasteiger partial charge is 0.220 e. The average molecular weight is 322 g/mol. The van der Waals surface area contributed by atoms with E-state index in [-0.39, 0.29) is 18.3 Å². The Labute approximate surface area is 137 Å². The topological polar surface area (TPSA) is 52.6 Å². The molecule has 0 aliphatic carbocycles. The molecule has 23 heavy (non-hydrogen) atoms. The number of benzene rings is 1. The first-order valence-electron chi connectivity index (χ1n) is 8.44. The number of halogens is 1. The van der Waals surface area contributed by atoms with Crippen molar-refractivity contribution in [1.29, 1.82) is 0 Å². The molecule has 1 aliphatic rings. The molecule has 2 rings (SSSR count). The minimum Gasteiger partial charge on any atom is -0.390 e. The molecule has 1 amide bonds. The van der Waals surface area contributed by atoms with Gasteiger partial charge in [-0.1, -0.05) is 19.1 Å². The maximum atomic E-state index is 13.1. The first-order chi connectivity index (χ1) is 11.0. The number of likely N-dealkylation sites (tertiary alicyclic amines) is 1. The lowest BCUT2D eigenvalue weighted by molar-refractivity contribution is -0.121. The zero-order chi connectivity index (χ0) is 16.7. The van der Waals surface area contributed by atoms with Crippen LogP contribution in [0.15, 0.2) is 24.3 Å². The number of rotatable bonds is 7. The van der Waals surface area contributed by atoms with Gasteiger partial charge in [0, 0.05) is 19.5 Å². The molecule has 0 bridgehead atoms. The van der Waals surface area contributed by atoms with Gasteiger partial charge in [0.25, 0.3) is 0 Å². The van der Waals surface area contributed by atoms with Crippen LogP contribution in [0.25, 0.3) is 0 Å². The molecule has 5 heteroatoms. The summed E-state index contributed by atoms with van der Waals surface area (Å²) < 4.78 is 13.1. The molecule has 1 saturated heterocycles. The van der Waals surface area contributed by atoms with Crippen LogP contribution >= 0.6 is 0 Å². The van der Waals surface area contributed by atoms with Crippen LogP contribution in [0.3, 0.4) is 0 Å². The highest BCUT2D eigenvalue weighted by Crippen LogP contribution is 2.15. The van der Waals surface area contributed by atoms with E-state index in [1.165, 1.54) is 25.0 Å². The van der Waals surface area contributed by atoms with Gasteiger partial charge in [-0.2, -0.15) is 0 Å². The molecule has 1 fully saturated rings. The van der Waals surface area contributed by atoms with Crippen LogP contribution in [0.2, 0.25) is 0 Å². The molecular weight excluding hydrogens is 295 g/mol. The maximum Gasteiger partial charge on any atom is 0.220 e. The fourth-order valence-electron chi connectivity index (χ4n) is 2.88. The molecule has 0 saturated carbocycles. The van der Waals surface area contributed by atoms with Gasteiger partial charge in [-0.3, -0.25) is 4.79 Å². The van der Waals surface area contributed by atoms with E-state index < -0.39 is 6.10 Å². The molecule has 0 spiro atoms. The normalized spacial score (nSPS) is 17.9. The van der Waals surface area contributed by atoms with E-state index in [1.54, 1.807) is 6.07 Å². The Morgan fingerprint density at radius 2 is 2.17 bits per heavy atom. The van der Waals surface area contributed by atoms with Crippen molar-refractivity contribution >= 4 is 5.91 Å². The second kappa shape index (κ2) is 8.99. The van der Waals surface area contributed by atoms with Crippen LogP contribution in [0.5, 0.6) is 0 Å². The van der Waals surface area contributed by atoms with Gasteiger partial charge in [0.2, 0.25) is 5.91 Å². The number of aryl methyl sites for hydroxylation is 1. The highest BCUT2D eigenvalue weighted by Gasteiger charge is 2.18. The zero-order valence-corrected chi connectivity index (χ0v) is 13.8. The van der Waals surface area contributed by atoms with Crippen LogP contribution in [0, 0.1) is 11.7 Å². The van der Waals surface area contributed by atoms with Crippen LogP contribution < -0.4 is 5.32 Å². The summed E-state index contributed by atoms with van der Waals surface area (Å²) in [5, 5.41) is 12.8. The van der Waals surface area contributed by atoms with Crippen LogP contribution in [0.1, 0.15) is 31.7 Å².